The summed E-state index contributed by atoms with van der Waals surface area (Å²) in [5.74, 6) is -0.429. The molecular formula is C21H29N3O4. The number of rotatable bonds is 12. The number of hydrogen-bond acceptors (Lipinski definition) is 5. The van der Waals surface area contributed by atoms with Crippen molar-refractivity contribution in [2.24, 2.45) is 5.73 Å². The van der Waals surface area contributed by atoms with E-state index in [1.807, 2.05) is 42.5 Å². The molecule has 0 aliphatic carbocycles. The lowest BCUT2D eigenvalue weighted by molar-refractivity contribution is -0.128. The number of nitrogens with two attached hydrogens (primary N) is 1. The Hall–Kier alpha value is -2.48. The maximum absolute atomic E-state index is 12.3. The van der Waals surface area contributed by atoms with Gasteiger partial charge in [-0.1, -0.05) is 42.5 Å². The van der Waals surface area contributed by atoms with E-state index < -0.39 is 6.04 Å². The first-order valence-electron chi connectivity index (χ1n) is 9.51. The predicted octanol–water partition coefficient (Wildman–Crippen LogP) is 0.995. The molecule has 1 unspecified atom stereocenters. The van der Waals surface area contributed by atoms with E-state index in [1.54, 1.807) is 6.92 Å². The Labute approximate surface area is 165 Å². The fourth-order valence-electron chi connectivity index (χ4n) is 2.78. The molecule has 2 aromatic rings. The number of fused-ring (bicyclic) bond motifs is 1. The van der Waals surface area contributed by atoms with E-state index in [0.29, 0.717) is 39.5 Å². The van der Waals surface area contributed by atoms with Crippen LogP contribution in [0, 0.1) is 0 Å². The number of benzene rings is 2. The Morgan fingerprint density at radius 3 is 2.50 bits per heavy atom. The molecule has 0 saturated heterocycles. The molecule has 4 N–H and O–H groups in total. The molecule has 0 radical (unpaired) electrons. The van der Waals surface area contributed by atoms with Gasteiger partial charge in [0, 0.05) is 13.1 Å². The fraction of sp³-hybridized carbons (Fsp3) is 0.429. The van der Waals surface area contributed by atoms with Gasteiger partial charge in [-0.05, 0) is 23.3 Å². The number of nitrogens with one attached hydrogen (secondary N) is 2. The van der Waals surface area contributed by atoms with Gasteiger partial charge in [0.15, 0.2) is 0 Å². The van der Waals surface area contributed by atoms with Gasteiger partial charge in [-0.2, -0.15) is 0 Å². The van der Waals surface area contributed by atoms with Crippen LogP contribution in [0.3, 0.4) is 0 Å². The summed E-state index contributed by atoms with van der Waals surface area (Å²) in [4.78, 5) is 24.4. The van der Waals surface area contributed by atoms with E-state index in [9.17, 15) is 9.59 Å². The van der Waals surface area contributed by atoms with Crippen LogP contribution >= 0.6 is 0 Å². The van der Waals surface area contributed by atoms with E-state index in [4.69, 9.17) is 15.2 Å². The molecule has 28 heavy (non-hydrogen) atoms. The van der Waals surface area contributed by atoms with E-state index in [1.165, 1.54) is 0 Å². The first-order chi connectivity index (χ1) is 13.6. The van der Waals surface area contributed by atoms with Crippen LogP contribution in [0.25, 0.3) is 10.8 Å². The minimum atomic E-state index is -0.615. The molecule has 1 atom stereocenters. The number of carbonyl (C=O) groups is 2. The second-order valence-corrected chi connectivity index (χ2v) is 6.41. The molecule has 0 aromatic heterocycles. The maximum atomic E-state index is 12.3. The predicted molar refractivity (Wildman–Crippen MR) is 109 cm³/mol. The Morgan fingerprint density at radius 2 is 1.71 bits per heavy atom. The molecule has 152 valence electrons. The Kier molecular flexibility index (Phi) is 9.41. The van der Waals surface area contributed by atoms with Crippen molar-refractivity contribution in [3.05, 3.63) is 48.0 Å². The first kappa shape index (κ1) is 21.8. The van der Waals surface area contributed by atoms with Crippen molar-refractivity contribution in [2.45, 2.75) is 19.4 Å². The van der Waals surface area contributed by atoms with Crippen LogP contribution in [0.4, 0.5) is 0 Å². The van der Waals surface area contributed by atoms with Crippen LogP contribution < -0.4 is 16.4 Å². The number of hydrogen-bond donors (Lipinski definition) is 3. The van der Waals surface area contributed by atoms with Crippen molar-refractivity contribution < 1.29 is 19.1 Å². The quantitative estimate of drug-likeness (QED) is 0.472. The third-order valence-electron chi connectivity index (χ3n) is 4.18. The summed E-state index contributed by atoms with van der Waals surface area (Å²) in [5.41, 5.74) is 6.25. The van der Waals surface area contributed by atoms with Gasteiger partial charge in [-0.25, -0.2) is 0 Å². The zero-order chi connectivity index (χ0) is 20.2. The van der Waals surface area contributed by atoms with Gasteiger partial charge in [0.25, 0.3) is 0 Å². The van der Waals surface area contributed by atoms with E-state index >= 15 is 0 Å². The van der Waals surface area contributed by atoms with Gasteiger partial charge in [0.2, 0.25) is 11.8 Å². The summed E-state index contributed by atoms with van der Waals surface area (Å²) in [6, 6.07) is 13.2. The minimum absolute atomic E-state index is 0.188. The number of carbonyl (C=O) groups excluding carboxylic acids is 2. The standard InChI is InChI=1S/C21H29N3O4/c1-16(21(26)23-10-12-28-14-13-27-11-9-22)24-20(25)15-18-7-4-6-17-5-2-3-8-19(17)18/h2-8,16H,9-15,22H2,1H3,(H,23,26)(H,24,25). The smallest absolute Gasteiger partial charge is 0.242 e. The summed E-state index contributed by atoms with van der Waals surface area (Å²) in [6.07, 6.45) is 0.227. The zero-order valence-corrected chi connectivity index (χ0v) is 16.3. The fourth-order valence-corrected chi connectivity index (χ4v) is 2.78. The SMILES string of the molecule is CC(NC(=O)Cc1cccc2ccccc12)C(=O)NCCOCCOCCN. The monoisotopic (exact) mass is 387 g/mol. The maximum Gasteiger partial charge on any atom is 0.242 e. The lowest BCUT2D eigenvalue weighted by Crippen LogP contribution is -2.46. The molecule has 2 amide bonds. The molecular weight excluding hydrogens is 358 g/mol. The van der Waals surface area contributed by atoms with E-state index in [-0.39, 0.29) is 18.2 Å². The molecule has 2 aromatic carbocycles. The second kappa shape index (κ2) is 12.1. The average molecular weight is 387 g/mol. The molecule has 0 saturated carbocycles. The van der Waals surface area contributed by atoms with Gasteiger partial charge in [-0.15, -0.1) is 0 Å². The highest BCUT2D eigenvalue weighted by atomic mass is 16.5. The Morgan fingerprint density at radius 1 is 1.00 bits per heavy atom. The van der Waals surface area contributed by atoms with Gasteiger partial charge in [0.05, 0.1) is 32.8 Å². The molecule has 7 heteroatoms. The van der Waals surface area contributed by atoms with Crippen LogP contribution in [0.5, 0.6) is 0 Å². The molecule has 0 aliphatic rings. The summed E-state index contributed by atoms with van der Waals surface area (Å²) < 4.78 is 10.5. The van der Waals surface area contributed by atoms with Crippen molar-refractivity contribution in [3.63, 3.8) is 0 Å². The summed E-state index contributed by atoms with van der Waals surface area (Å²) >= 11 is 0. The third-order valence-corrected chi connectivity index (χ3v) is 4.18. The summed E-state index contributed by atoms with van der Waals surface area (Å²) in [5, 5.41) is 7.62. The Balaban J connectivity index is 1.69. The first-order valence-corrected chi connectivity index (χ1v) is 9.51. The largest absolute Gasteiger partial charge is 0.378 e. The highest BCUT2D eigenvalue weighted by Crippen LogP contribution is 2.18. The van der Waals surface area contributed by atoms with Crippen molar-refractivity contribution in [1.82, 2.24) is 10.6 Å². The topological polar surface area (TPSA) is 103 Å². The van der Waals surface area contributed by atoms with Crippen LogP contribution in [-0.4, -0.2) is 57.4 Å². The van der Waals surface area contributed by atoms with E-state index in [2.05, 4.69) is 10.6 Å². The summed E-state index contributed by atoms with van der Waals surface area (Å²) in [7, 11) is 0. The lowest BCUT2D eigenvalue weighted by Gasteiger charge is -2.15. The molecule has 0 aliphatic heterocycles. The van der Waals surface area contributed by atoms with Crippen molar-refractivity contribution >= 4 is 22.6 Å². The minimum Gasteiger partial charge on any atom is -0.378 e. The van der Waals surface area contributed by atoms with Crippen LogP contribution in [0.1, 0.15) is 12.5 Å². The van der Waals surface area contributed by atoms with Gasteiger partial charge in [-0.3, -0.25) is 9.59 Å². The lowest BCUT2D eigenvalue weighted by atomic mass is 10.0. The molecule has 0 heterocycles. The molecule has 7 nitrogen and oxygen atoms in total. The molecule has 2 rings (SSSR count). The van der Waals surface area contributed by atoms with Crippen molar-refractivity contribution in [2.75, 3.05) is 39.5 Å². The van der Waals surface area contributed by atoms with Crippen LogP contribution in [0.15, 0.2) is 42.5 Å². The van der Waals surface area contributed by atoms with Crippen molar-refractivity contribution in [3.8, 4) is 0 Å². The van der Waals surface area contributed by atoms with Crippen molar-refractivity contribution in [1.29, 1.82) is 0 Å². The molecule has 0 bridgehead atoms. The van der Waals surface area contributed by atoms with Crippen LogP contribution in [-0.2, 0) is 25.5 Å². The van der Waals surface area contributed by atoms with E-state index in [0.717, 1.165) is 16.3 Å². The number of amides is 2. The molecule has 0 spiro atoms. The second-order valence-electron chi connectivity index (χ2n) is 6.41. The third kappa shape index (κ3) is 7.26. The van der Waals surface area contributed by atoms with Gasteiger partial charge >= 0.3 is 0 Å². The van der Waals surface area contributed by atoms with Crippen LogP contribution in [0.2, 0.25) is 0 Å². The Bertz CT molecular complexity index is 761. The average Bonchev–Trinajstić information content (AvgIpc) is 2.70. The molecule has 0 fully saturated rings. The number of ether oxygens (including phenoxy) is 2. The zero-order valence-electron chi connectivity index (χ0n) is 16.3. The van der Waals surface area contributed by atoms with Gasteiger partial charge < -0.3 is 25.8 Å². The highest BCUT2D eigenvalue weighted by molar-refractivity contribution is 5.92. The van der Waals surface area contributed by atoms with Gasteiger partial charge in [0.1, 0.15) is 6.04 Å². The highest BCUT2D eigenvalue weighted by Gasteiger charge is 2.16. The summed E-state index contributed by atoms with van der Waals surface area (Å²) in [6.45, 7) is 4.35. The normalized spacial score (nSPS) is 11.9.